The molecule has 2 amide bonds. The van der Waals surface area contributed by atoms with Gasteiger partial charge < -0.3 is 10.6 Å². The largest absolute Gasteiger partial charge is 0.417 e. The molecule has 0 aliphatic carbocycles. The summed E-state index contributed by atoms with van der Waals surface area (Å²) in [6, 6.07) is 3.43. The summed E-state index contributed by atoms with van der Waals surface area (Å²) < 4.78 is 38.4. The number of amides is 2. The van der Waals surface area contributed by atoms with Gasteiger partial charge in [0.2, 0.25) is 11.8 Å². The summed E-state index contributed by atoms with van der Waals surface area (Å²) in [6.45, 7) is 6.31. The van der Waals surface area contributed by atoms with Crippen molar-refractivity contribution in [2.75, 3.05) is 0 Å². The van der Waals surface area contributed by atoms with Crippen LogP contribution in [-0.4, -0.2) is 17.4 Å². The maximum Gasteiger partial charge on any atom is 0.417 e. The quantitative estimate of drug-likeness (QED) is 0.839. The number of hydrogen-bond acceptors (Lipinski definition) is 2. The van der Waals surface area contributed by atoms with Crippen LogP contribution in [0.25, 0.3) is 0 Å². The van der Waals surface area contributed by atoms with Gasteiger partial charge in [-0.05, 0) is 31.5 Å². The number of nitrogens with one attached hydrogen (secondary N) is 2. The van der Waals surface area contributed by atoms with Gasteiger partial charge >= 0.3 is 6.18 Å². The summed E-state index contributed by atoms with van der Waals surface area (Å²) >= 11 is 5.55. The minimum absolute atomic E-state index is 0.111. The molecule has 134 valence electrons. The Morgan fingerprint density at radius 2 is 1.79 bits per heavy atom. The molecule has 0 heterocycles. The molecule has 0 unspecified atom stereocenters. The van der Waals surface area contributed by atoms with Crippen molar-refractivity contribution in [3.8, 4) is 0 Å². The molecule has 0 radical (unpaired) electrons. The normalized spacial score (nSPS) is 12.2. The van der Waals surface area contributed by atoms with Crippen LogP contribution >= 0.6 is 11.6 Å². The Morgan fingerprint density at radius 1 is 1.21 bits per heavy atom. The Bertz CT molecular complexity index is 628. The van der Waals surface area contributed by atoms with Gasteiger partial charge in [0.15, 0.2) is 0 Å². The van der Waals surface area contributed by atoms with E-state index >= 15 is 0 Å². The monoisotopic (exact) mass is 364 g/mol. The van der Waals surface area contributed by atoms with Crippen LogP contribution in [0, 0.1) is 5.92 Å². The Hall–Kier alpha value is -1.76. The van der Waals surface area contributed by atoms with Crippen LogP contribution in [0.4, 0.5) is 13.2 Å². The lowest BCUT2D eigenvalue weighted by Gasteiger charge is -2.26. The topological polar surface area (TPSA) is 58.2 Å². The smallest absolute Gasteiger partial charge is 0.350 e. The lowest BCUT2D eigenvalue weighted by atomic mass is 10.0. The number of hydrogen-bond donors (Lipinski definition) is 2. The molecule has 0 atom stereocenters. The van der Waals surface area contributed by atoms with Crippen molar-refractivity contribution in [3.63, 3.8) is 0 Å². The van der Waals surface area contributed by atoms with Crippen LogP contribution in [0.2, 0.25) is 5.02 Å². The SMILES string of the molecule is CC(C)C(=O)NC(C)(C)C(=O)NCc1ccc(Cl)c(C(F)(F)F)c1. The Balaban J connectivity index is 2.79. The number of rotatable bonds is 5. The zero-order chi connectivity index (χ0) is 18.7. The van der Waals surface area contributed by atoms with Gasteiger partial charge in [-0.1, -0.05) is 31.5 Å². The van der Waals surface area contributed by atoms with Gasteiger partial charge in [0, 0.05) is 12.5 Å². The van der Waals surface area contributed by atoms with E-state index in [2.05, 4.69) is 10.6 Å². The molecule has 0 fully saturated rings. The van der Waals surface area contributed by atoms with E-state index in [-0.39, 0.29) is 23.9 Å². The fourth-order valence-electron chi connectivity index (χ4n) is 1.81. The first kappa shape index (κ1) is 20.3. The molecule has 4 nitrogen and oxygen atoms in total. The van der Waals surface area contributed by atoms with Crippen LogP contribution < -0.4 is 10.6 Å². The minimum atomic E-state index is -4.57. The van der Waals surface area contributed by atoms with Crippen molar-refractivity contribution < 1.29 is 22.8 Å². The Morgan fingerprint density at radius 3 is 2.29 bits per heavy atom. The maximum atomic E-state index is 12.8. The predicted octanol–water partition coefficient (Wildman–Crippen LogP) is 3.53. The molecule has 0 spiro atoms. The van der Waals surface area contributed by atoms with E-state index in [0.29, 0.717) is 0 Å². The molecule has 1 aromatic rings. The van der Waals surface area contributed by atoms with E-state index in [4.69, 9.17) is 11.6 Å². The summed E-state index contributed by atoms with van der Waals surface area (Å²) in [4.78, 5) is 23.9. The van der Waals surface area contributed by atoms with E-state index in [0.717, 1.165) is 12.1 Å². The molecule has 0 aliphatic heterocycles. The lowest BCUT2D eigenvalue weighted by Crippen LogP contribution is -2.55. The van der Waals surface area contributed by atoms with Crippen LogP contribution in [-0.2, 0) is 22.3 Å². The summed E-state index contributed by atoms with van der Waals surface area (Å²) in [7, 11) is 0. The van der Waals surface area contributed by atoms with Crippen molar-refractivity contribution in [2.24, 2.45) is 5.92 Å². The van der Waals surface area contributed by atoms with E-state index < -0.39 is 28.2 Å². The number of benzene rings is 1. The molecule has 0 aromatic heterocycles. The summed E-state index contributed by atoms with van der Waals surface area (Å²) in [5.74, 6) is -1.08. The predicted molar refractivity (Wildman–Crippen MR) is 85.4 cm³/mol. The standard InChI is InChI=1S/C16H20ClF3N2O2/c1-9(2)13(23)22-15(3,4)14(24)21-8-10-5-6-12(17)11(7-10)16(18,19)20/h5-7,9H,8H2,1-4H3,(H,21,24)(H,22,23). The Labute approximate surface area is 143 Å². The molecule has 2 N–H and O–H groups in total. The second-order valence-corrected chi connectivity index (χ2v) is 6.67. The van der Waals surface area contributed by atoms with Crippen LogP contribution in [0.3, 0.4) is 0 Å². The Kier molecular flexibility index (Phi) is 6.27. The van der Waals surface area contributed by atoms with Gasteiger partial charge in [-0.25, -0.2) is 0 Å². The fraction of sp³-hybridized carbons (Fsp3) is 0.500. The highest BCUT2D eigenvalue weighted by Crippen LogP contribution is 2.35. The first-order valence-electron chi connectivity index (χ1n) is 7.30. The molecular weight excluding hydrogens is 345 g/mol. The van der Waals surface area contributed by atoms with Crippen molar-refractivity contribution in [2.45, 2.75) is 46.0 Å². The van der Waals surface area contributed by atoms with E-state index in [1.807, 2.05) is 0 Å². The average molecular weight is 365 g/mol. The van der Waals surface area contributed by atoms with Gasteiger partial charge in [0.1, 0.15) is 5.54 Å². The highest BCUT2D eigenvalue weighted by Gasteiger charge is 2.34. The zero-order valence-electron chi connectivity index (χ0n) is 13.8. The molecule has 1 rings (SSSR count). The summed E-state index contributed by atoms with van der Waals surface area (Å²) in [5.41, 5.74) is -1.88. The van der Waals surface area contributed by atoms with Crippen molar-refractivity contribution in [3.05, 3.63) is 34.3 Å². The third kappa shape index (κ3) is 5.40. The van der Waals surface area contributed by atoms with Crippen LogP contribution in [0.15, 0.2) is 18.2 Å². The highest BCUT2D eigenvalue weighted by molar-refractivity contribution is 6.31. The molecule has 0 aliphatic rings. The van der Waals surface area contributed by atoms with Gasteiger partial charge in [0.05, 0.1) is 10.6 Å². The molecule has 8 heteroatoms. The number of carbonyl (C=O) groups is 2. The number of carbonyl (C=O) groups excluding carboxylic acids is 2. The lowest BCUT2D eigenvalue weighted by molar-refractivity contribution is -0.137. The second kappa shape index (κ2) is 7.42. The minimum Gasteiger partial charge on any atom is -0.350 e. The van der Waals surface area contributed by atoms with Crippen LogP contribution in [0.1, 0.15) is 38.8 Å². The number of alkyl halides is 3. The molecule has 1 aromatic carbocycles. The summed E-state index contributed by atoms with van der Waals surface area (Å²) in [5, 5.41) is 4.70. The molecule has 24 heavy (non-hydrogen) atoms. The third-order valence-corrected chi connectivity index (χ3v) is 3.65. The first-order valence-corrected chi connectivity index (χ1v) is 7.68. The fourth-order valence-corrected chi connectivity index (χ4v) is 2.04. The van der Waals surface area contributed by atoms with Crippen LogP contribution in [0.5, 0.6) is 0 Å². The zero-order valence-corrected chi connectivity index (χ0v) is 14.6. The third-order valence-electron chi connectivity index (χ3n) is 3.32. The second-order valence-electron chi connectivity index (χ2n) is 6.26. The van der Waals surface area contributed by atoms with E-state index in [9.17, 15) is 22.8 Å². The highest BCUT2D eigenvalue weighted by atomic mass is 35.5. The van der Waals surface area contributed by atoms with E-state index in [1.165, 1.54) is 19.9 Å². The van der Waals surface area contributed by atoms with Gasteiger partial charge in [0.25, 0.3) is 0 Å². The molecule has 0 saturated carbocycles. The first-order chi connectivity index (χ1) is 10.8. The van der Waals surface area contributed by atoms with Crippen molar-refractivity contribution in [1.29, 1.82) is 0 Å². The average Bonchev–Trinajstić information content (AvgIpc) is 2.44. The number of halogens is 4. The van der Waals surface area contributed by atoms with Gasteiger partial charge in [-0.2, -0.15) is 13.2 Å². The maximum absolute atomic E-state index is 12.8. The van der Waals surface area contributed by atoms with Gasteiger partial charge in [-0.15, -0.1) is 0 Å². The molecular formula is C16H20ClF3N2O2. The summed E-state index contributed by atoms with van der Waals surface area (Å²) in [6.07, 6.45) is -4.57. The van der Waals surface area contributed by atoms with Crippen molar-refractivity contribution >= 4 is 23.4 Å². The van der Waals surface area contributed by atoms with E-state index in [1.54, 1.807) is 13.8 Å². The van der Waals surface area contributed by atoms with Gasteiger partial charge in [-0.3, -0.25) is 9.59 Å². The van der Waals surface area contributed by atoms with Crippen molar-refractivity contribution in [1.82, 2.24) is 10.6 Å². The molecule has 0 bridgehead atoms. The molecule has 0 saturated heterocycles.